The summed E-state index contributed by atoms with van der Waals surface area (Å²) >= 11 is 0. The van der Waals surface area contributed by atoms with Crippen LogP contribution in [0.3, 0.4) is 0 Å². The summed E-state index contributed by atoms with van der Waals surface area (Å²) in [4.78, 5) is 10.9. The van der Waals surface area contributed by atoms with Gasteiger partial charge in [-0.3, -0.25) is 0 Å². The molecule has 3 saturated carbocycles. The summed E-state index contributed by atoms with van der Waals surface area (Å²) < 4.78 is 26.0. The number of phenols is 1. The molecule has 3 fully saturated rings. The summed E-state index contributed by atoms with van der Waals surface area (Å²) in [5.74, 6) is 2.85. The Kier molecular flexibility index (Phi) is 4.78. The van der Waals surface area contributed by atoms with Gasteiger partial charge in [0.2, 0.25) is 6.79 Å². The zero-order chi connectivity index (χ0) is 23.5. The number of fused-ring (bicyclic) bond motifs is 3. The Hall–Kier alpha value is -3.49. The molecule has 0 spiro atoms. The van der Waals surface area contributed by atoms with Crippen molar-refractivity contribution in [3.05, 3.63) is 36.7 Å². The van der Waals surface area contributed by atoms with Gasteiger partial charge in [-0.1, -0.05) is 6.07 Å². The summed E-state index contributed by atoms with van der Waals surface area (Å²) in [6, 6.07) is 7.29. The smallest absolute Gasteiger partial charge is 0.260 e. The topological polar surface area (TPSA) is 93.5 Å². The van der Waals surface area contributed by atoms with Crippen molar-refractivity contribution in [3.63, 3.8) is 0 Å². The maximum atomic E-state index is 15.3. The third kappa shape index (κ3) is 3.64. The number of hydrogen-bond donors (Lipinski definition) is 1. The van der Waals surface area contributed by atoms with E-state index < -0.39 is 6.17 Å². The van der Waals surface area contributed by atoms with Crippen molar-refractivity contribution in [2.24, 2.45) is 11.8 Å². The predicted octanol–water partition coefficient (Wildman–Crippen LogP) is 4.53. The lowest BCUT2D eigenvalue weighted by atomic mass is 9.83. The van der Waals surface area contributed by atoms with E-state index in [0.717, 1.165) is 49.7 Å². The van der Waals surface area contributed by atoms with E-state index in [2.05, 4.69) is 25.1 Å². The highest BCUT2D eigenvalue weighted by Gasteiger charge is 2.48. The maximum Gasteiger partial charge on any atom is 0.260 e. The highest BCUT2D eigenvalue weighted by atomic mass is 19.1. The fraction of sp³-hybridized carbons (Fsp3) is 0.462. The Bertz CT molecular complexity index is 1270. The zero-order valence-corrected chi connectivity index (χ0v) is 19.2. The molecule has 2 aromatic heterocycles. The van der Waals surface area contributed by atoms with Gasteiger partial charge in [0, 0.05) is 17.8 Å². The van der Waals surface area contributed by atoms with Crippen LogP contribution in [0.1, 0.15) is 38.5 Å². The number of ether oxygens (including phenoxy) is 2. The molecule has 1 aliphatic heterocycles. The van der Waals surface area contributed by atoms with Crippen LogP contribution in [0.25, 0.3) is 22.5 Å². The second-order valence-corrected chi connectivity index (χ2v) is 10.1. The van der Waals surface area contributed by atoms with Crippen LogP contribution >= 0.6 is 0 Å². The highest BCUT2D eigenvalue weighted by Crippen LogP contribution is 2.48. The molecule has 8 nitrogen and oxygen atoms in total. The first kappa shape index (κ1) is 20.8. The van der Waals surface area contributed by atoms with Gasteiger partial charge in [-0.15, -0.1) is 10.2 Å². The summed E-state index contributed by atoms with van der Waals surface area (Å²) in [7, 11) is 0. The molecule has 1 N–H and O–H groups in total. The normalized spacial score (nSPS) is 26.7. The molecule has 35 heavy (non-hydrogen) atoms. The third-order valence-electron chi connectivity index (χ3n) is 7.89. The first-order chi connectivity index (χ1) is 17.1. The Balaban J connectivity index is 1.15. The lowest BCUT2D eigenvalue weighted by Gasteiger charge is -2.40. The maximum absolute atomic E-state index is 15.3. The molecule has 3 heterocycles. The minimum atomic E-state index is -0.821. The SMILES string of the molecule is Oc1cc(-c2cnc3c(c2)OCO3)ccc1-c1ncc(N(C2CC2)[C@@H]2C[C@H]3CC[C@H](C3)[C@@H]2F)nn1. The second kappa shape index (κ2) is 8.03. The molecule has 0 saturated heterocycles. The number of aromatic hydroxyl groups is 1. The number of alkyl halides is 1. The van der Waals surface area contributed by atoms with Gasteiger partial charge in [0.1, 0.15) is 11.9 Å². The lowest BCUT2D eigenvalue weighted by Crippen LogP contribution is -2.49. The van der Waals surface area contributed by atoms with E-state index in [1.54, 1.807) is 24.5 Å². The first-order valence-electron chi connectivity index (χ1n) is 12.4. The summed E-state index contributed by atoms with van der Waals surface area (Å²) in [5, 5.41) is 19.5. The molecule has 0 unspecified atom stereocenters. The van der Waals surface area contributed by atoms with Gasteiger partial charge >= 0.3 is 0 Å². The number of benzene rings is 1. The molecule has 1 aromatic carbocycles. The van der Waals surface area contributed by atoms with E-state index in [1.807, 2.05) is 12.1 Å². The first-order valence-corrected chi connectivity index (χ1v) is 12.4. The number of rotatable bonds is 5. The van der Waals surface area contributed by atoms with Crippen molar-refractivity contribution in [1.29, 1.82) is 0 Å². The number of nitrogens with zero attached hydrogens (tertiary/aromatic N) is 5. The molecular weight excluding hydrogens is 449 g/mol. The Morgan fingerprint density at radius 1 is 0.943 bits per heavy atom. The average Bonchev–Trinajstić information content (AvgIpc) is 3.45. The predicted molar refractivity (Wildman–Crippen MR) is 126 cm³/mol. The average molecular weight is 476 g/mol. The standard InChI is InChI=1S/C26H26FN5O3/c27-24-16-2-1-14(7-16)8-20(24)32(18-4-5-18)23-12-28-25(31-30-23)19-6-3-15(9-21(19)33)17-10-22-26(29-11-17)35-13-34-22/h3,6,9-12,14,16,18,20,24,33H,1-2,4-5,7-8,13H2/t14-,16+,20+,24-/m0/s1. The number of anilines is 1. The van der Waals surface area contributed by atoms with Crippen LogP contribution in [0.4, 0.5) is 10.2 Å². The molecule has 0 radical (unpaired) electrons. The lowest BCUT2D eigenvalue weighted by molar-refractivity contribution is 0.140. The van der Waals surface area contributed by atoms with Gasteiger partial charge in [0.15, 0.2) is 17.4 Å². The fourth-order valence-electron chi connectivity index (χ4n) is 6.01. The Labute approximate surface area is 202 Å². The zero-order valence-electron chi connectivity index (χ0n) is 19.2. The molecule has 4 atom stereocenters. The van der Waals surface area contributed by atoms with Crippen molar-refractivity contribution in [1.82, 2.24) is 20.2 Å². The second-order valence-electron chi connectivity index (χ2n) is 10.1. The van der Waals surface area contributed by atoms with Crippen LogP contribution in [-0.4, -0.2) is 50.3 Å². The van der Waals surface area contributed by atoms with Gasteiger partial charge in [-0.2, -0.15) is 0 Å². The molecule has 3 aromatic rings. The van der Waals surface area contributed by atoms with E-state index in [-0.39, 0.29) is 24.5 Å². The molecule has 180 valence electrons. The number of hydrogen-bond acceptors (Lipinski definition) is 8. The van der Waals surface area contributed by atoms with E-state index in [9.17, 15) is 5.11 Å². The van der Waals surface area contributed by atoms with Crippen LogP contribution in [-0.2, 0) is 0 Å². The molecule has 4 aliphatic rings. The molecule has 2 bridgehead atoms. The number of pyridine rings is 1. The third-order valence-corrected chi connectivity index (χ3v) is 7.89. The largest absolute Gasteiger partial charge is 0.507 e. The minimum absolute atomic E-state index is 0.0430. The van der Waals surface area contributed by atoms with Gasteiger partial charge < -0.3 is 19.5 Å². The Morgan fingerprint density at radius 3 is 2.66 bits per heavy atom. The van der Waals surface area contributed by atoms with Gasteiger partial charge in [-0.25, -0.2) is 14.4 Å². The quantitative estimate of drug-likeness (QED) is 0.575. The fourth-order valence-corrected chi connectivity index (χ4v) is 6.01. The molecule has 3 aliphatic carbocycles. The summed E-state index contributed by atoms with van der Waals surface area (Å²) in [6.45, 7) is 0.155. The van der Waals surface area contributed by atoms with E-state index in [0.29, 0.717) is 40.8 Å². The highest BCUT2D eigenvalue weighted by molar-refractivity contribution is 5.73. The summed E-state index contributed by atoms with van der Waals surface area (Å²) in [6.07, 6.45) is 8.69. The minimum Gasteiger partial charge on any atom is -0.507 e. The Morgan fingerprint density at radius 2 is 1.86 bits per heavy atom. The van der Waals surface area contributed by atoms with Crippen LogP contribution in [0.5, 0.6) is 17.4 Å². The van der Waals surface area contributed by atoms with Crippen molar-refractivity contribution in [2.45, 2.75) is 56.8 Å². The number of aromatic nitrogens is 4. The monoisotopic (exact) mass is 475 g/mol. The molecule has 0 amide bonds. The number of halogens is 1. The molecule has 9 heteroatoms. The number of phenolic OH excluding ortho intramolecular Hbond substituents is 1. The van der Waals surface area contributed by atoms with Gasteiger partial charge in [0.05, 0.1) is 17.8 Å². The van der Waals surface area contributed by atoms with Crippen LogP contribution in [0.15, 0.2) is 36.7 Å². The van der Waals surface area contributed by atoms with Crippen molar-refractivity contribution in [3.8, 4) is 39.9 Å². The van der Waals surface area contributed by atoms with Crippen LogP contribution in [0, 0.1) is 11.8 Å². The molecule has 7 rings (SSSR count). The van der Waals surface area contributed by atoms with Gasteiger partial charge in [0.25, 0.3) is 5.88 Å². The summed E-state index contributed by atoms with van der Waals surface area (Å²) in [5.41, 5.74) is 2.06. The van der Waals surface area contributed by atoms with Crippen LogP contribution < -0.4 is 14.4 Å². The molecular formula is C26H26FN5O3. The van der Waals surface area contributed by atoms with Gasteiger partial charge in [-0.05, 0) is 74.1 Å². The van der Waals surface area contributed by atoms with E-state index >= 15 is 4.39 Å². The van der Waals surface area contributed by atoms with E-state index in [1.165, 1.54) is 0 Å². The van der Waals surface area contributed by atoms with Crippen molar-refractivity contribution < 1.29 is 19.0 Å². The van der Waals surface area contributed by atoms with E-state index in [4.69, 9.17) is 9.47 Å². The van der Waals surface area contributed by atoms with Crippen molar-refractivity contribution >= 4 is 5.82 Å². The van der Waals surface area contributed by atoms with Crippen LogP contribution in [0.2, 0.25) is 0 Å². The van der Waals surface area contributed by atoms with Crippen molar-refractivity contribution in [2.75, 3.05) is 11.7 Å².